The maximum Gasteiger partial charge on any atom is 0.293 e. The first-order valence-electron chi connectivity index (χ1n) is 7.27. The van der Waals surface area contributed by atoms with Gasteiger partial charge in [0.2, 0.25) is 5.89 Å². The van der Waals surface area contributed by atoms with Crippen molar-refractivity contribution in [3.8, 4) is 11.5 Å². The Morgan fingerprint density at radius 2 is 2.09 bits per heavy atom. The number of nitrogens with zero attached hydrogens (tertiary/aromatic N) is 2. The molecule has 118 valence electrons. The number of fused-ring (bicyclic) bond motifs is 1. The summed E-state index contributed by atoms with van der Waals surface area (Å²) < 4.78 is 5.66. The number of rotatable bonds is 6. The SMILES string of the molecule is NCCCNc1ccc(-c2nc3ccccc3o2)cc1[N+](=O)[O-]. The van der Waals surface area contributed by atoms with Crippen LogP contribution in [0.4, 0.5) is 11.4 Å². The number of anilines is 1. The van der Waals surface area contributed by atoms with Gasteiger partial charge in [0.05, 0.1) is 4.92 Å². The molecule has 0 aliphatic carbocycles. The summed E-state index contributed by atoms with van der Waals surface area (Å²) in [4.78, 5) is 15.2. The van der Waals surface area contributed by atoms with E-state index in [1.165, 1.54) is 6.07 Å². The summed E-state index contributed by atoms with van der Waals surface area (Å²) in [5.41, 5.74) is 7.82. The Morgan fingerprint density at radius 3 is 2.83 bits per heavy atom. The van der Waals surface area contributed by atoms with Crippen LogP contribution in [0.2, 0.25) is 0 Å². The van der Waals surface area contributed by atoms with Crippen molar-refractivity contribution in [3.05, 3.63) is 52.6 Å². The van der Waals surface area contributed by atoms with E-state index in [1.54, 1.807) is 12.1 Å². The van der Waals surface area contributed by atoms with Crippen molar-refractivity contribution in [1.82, 2.24) is 4.98 Å². The number of nitrogens with one attached hydrogen (secondary N) is 1. The van der Waals surface area contributed by atoms with E-state index in [0.717, 1.165) is 11.9 Å². The molecule has 0 saturated carbocycles. The highest BCUT2D eigenvalue weighted by molar-refractivity contribution is 5.77. The Kier molecular flexibility index (Phi) is 4.20. The second kappa shape index (κ2) is 6.45. The molecule has 3 N–H and O–H groups in total. The van der Waals surface area contributed by atoms with Crippen LogP contribution in [0.1, 0.15) is 6.42 Å². The summed E-state index contributed by atoms with van der Waals surface area (Å²) >= 11 is 0. The van der Waals surface area contributed by atoms with Gasteiger partial charge in [-0.25, -0.2) is 4.98 Å². The fraction of sp³-hybridized carbons (Fsp3) is 0.188. The lowest BCUT2D eigenvalue weighted by Gasteiger charge is -2.07. The third-order valence-corrected chi connectivity index (χ3v) is 3.43. The summed E-state index contributed by atoms with van der Waals surface area (Å²) in [7, 11) is 0. The van der Waals surface area contributed by atoms with E-state index in [2.05, 4.69) is 10.3 Å². The second-order valence-electron chi connectivity index (χ2n) is 5.04. The smallest absolute Gasteiger partial charge is 0.293 e. The summed E-state index contributed by atoms with van der Waals surface area (Å²) in [6, 6.07) is 12.2. The lowest BCUT2D eigenvalue weighted by atomic mass is 10.1. The number of nitro benzene ring substituents is 1. The van der Waals surface area contributed by atoms with Gasteiger partial charge in [-0.2, -0.15) is 0 Å². The Hall–Kier alpha value is -2.93. The van der Waals surface area contributed by atoms with Crippen molar-refractivity contribution < 1.29 is 9.34 Å². The van der Waals surface area contributed by atoms with E-state index >= 15 is 0 Å². The van der Waals surface area contributed by atoms with E-state index in [9.17, 15) is 10.1 Å². The highest BCUT2D eigenvalue weighted by Gasteiger charge is 2.17. The van der Waals surface area contributed by atoms with Gasteiger partial charge < -0.3 is 15.5 Å². The Balaban J connectivity index is 1.96. The van der Waals surface area contributed by atoms with Crippen molar-refractivity contribution in [2.75, 3.05) is 18.4 Å². The highest BCUT2D eigenvalue weighted by Crippen LogP contribution is 2.31. The number of benzene rings is 2. The van der Waals surface area contributed by atoms with Gasteiger partial charge in [-0.05, 0) is 37.2 Å². The van der Waals surface area contributed by atoms with Crippen LogP contribution in [0.5, 0.6) is 0 Å². The molecule has 3 rings (SSSR count). The normalized spacial score (nSPS) is 10.8. The zero-order valence-corrected chi connectivity index (χ0v) is 12.4. The molecule has 3 aromatic rings. The van der Waals surface area contributed by atoms with Gasteiger partial charge in [0.15, 0.2) is 5.58 Å². The molecule has 23 heavy (non-hydrogen) atoms. The van der Waals surface area contributed by atoms with Crippen LogP contribution >= 0.6 is 0 Å². The van der Waals surface area contributed by atoms with E-state index in [4.69, 9.17) is 10.2 Å². The minimum atomic E-state index is -0.420. The summed E-state index contributed by atoms with van der Waals surface area (Å²) in [6.45, 7) is 1.11. The molecular weight excluding hydrogens is 296 g/mol. The predicted octanol–water partition coefficient (Wildman–Crippen LogP) is 3.16. The van der Waals surface area contributed by atoms with Crippen LogP contribution in [0, 0.1) is 10.1 Å². The third kappa shape index (κ3) is 3.14. The van der Waals surface area contributed by atoms with Gasteiger partial charge in [-0.1, -0.05) is 12.1 Å². The Bertz CT molecular complexity index is 811. The number of para-hydroxylation sites is 2. The first kappa shape index (κ1) is 15.0. The van der Waals surface area contributed by atoms with Crippen molar-refractivity contribution in [2.45, 2.75) is 6.42 Å². The van der Waals surface area contributed by atoms with Crippen LogP contribution < -0.4 is 11.1 Å². The van der Waals surface area contributed by atoms with Gasteiger partial charge in [0.25, 0.3) is 5.69 Å². The molecule has 1 heterocycles. The maximum absolute atomic E-state index is 11.3. The standard InChI is InChI=1S/C16H16N4O3/c17-8-3-9-18-12-7-6-11(10-14(12)20(21)22)16-19-13-4-1-2-5-15(13)23-16/h1-2,4-7,10,18H,3,8-9,17H2. The monoisotopic (exact) mass is 312 g/mol. The molecule has 7 heteroatoms. The largest absolute Gasteiger partial charge is 0.436 e. The molecule has 0 amide bonds. The second-order valence-corrected chi connectivity index (χ2v) is 5.04. The number of oxazole rings is 1. The quantitative estimate of drug-likeness (QED) is 0.411. The molecule has 1 aromatic heterocycles. The number of aromatic nitrogens is 1. The molecule has 0 radical (unpaired) electrons. The molecule has 0 atom stereocenters. The van der Waals surface area contributed by atoms with Crippen molar-refractivity contribution in [1.29, 1.82) is 0 Å². The fourth-order valence-electron chi connectivity index (χ4n) is 2.29. The minimum absolute atomic E-state index is 0.0122. The first-order chi connectivity index (χ1) is 11.2. The van der Waals surface area contributed by atoms with Crippen LogP contribution in [0.15, 0.2) is 46.9 Å². The van der Waals surface area contributed by atoms with Crippen molar-refractivity contribution >= 4 is 22.5 Å². The van der Waals surface area contributed by atoms with Crippen LogP contribution in [0.3, 0.4) is 0 Å². The highest BCUT2D eigenvalue weighted by atomic mass is 16.6. The predicted molar refractivity (Wildman–Crippen MR) is 88.3 cm³/mol. The summed E-state index contributed by atoms with van der Waals surface area (Å²) in [5.74, 6) is 0.364. The molecular formula is C16H16N4O3. The number of hydrogen-bond acceptors (Lipinski definition) is 6. The van der Waals surface area contributed by atoms with Gasteiger partial charge in [0, 0.05) is 18.2 Å². The molecule has 0 unspecified atom stereocenters. The number of nitro groups is 1. The molecule has 0 bridgehead atoms. The van der Waals surface area contributed by atoms with Crippen LogP contribution in [0.25, 0.3) is 22.6 Å². The summed E-state index contributed by atoms with van der Waals surface area (Å²) in [5, 5.41) is 14.3. The van der Waals surface area contributed by atoms with Gasteiger partial charge >= 0.3 is 0 Å². The van der Waals surface area contributed by atoms with Gasteiger partial charge in [-0.15, -0.1) is 0 Å². The van der Waals surface area contributed by atoms with E-state index in [0.29, 0.717) is 35.8 Å². The van der Waals surface area contributed by atoms with E-state index < -0.39 is 4.92 Å². The zero-order valence-electron chi connectivity index (χ0n) is 12.4. The number of nitrogens with two attached hydrogens (primary N) is 1. The van der Waals surface area contributed by atoms with E-state index in [-0.39, 0.29) is 5.69 Å². The summed E-state index contributed by atoms with van der Waals surface area (Å²) in [6.07, 6.45) is 0.740. The molecule has 0 aliphatic heterocycles. The minimum Gasteiger partial charge on any atom is -0.436 e. The molecule has 0 spiro atoms. The third-order valence-electron chi connectivity index (χ3n) is 3.43. The average molecular weight is 312 g/mol. The lowest BCUT2D eigenvalue weighted by Crippen LogP contribution is -2.09. The molecule has 2 aromatic carbocycles. The van der Waals surface area contributed by atoms with Crippen molar-refractivity contribution in [2.24, 2.45) is 5.73 Å². The van der Waals surface area contributed by atoms with Crippen molar-refractivity contribution in [3.63, 3.8) is 0 Å². The Morgan fingerprint density at radius 1 is 1.26 bits per heavy atom. The van der Waals surface area contributed by atoms with Gasteiger partial charge in [-0.3, -0.25) is 10.1 Å². The van der Waals surface area contributed by atoms with Crippen LogP contribution in [-0.4, -0.2) is 23.0 Å². The number of hydrogen-bond donors (Lipinski definition) is 2. The maximum atomic E-state index is 11.3. The fourth-order valence-corrected chi connectivity index (χ4v) is 2.29. The van der Waals surface area contributed by atoms with E-state index in [1.807, 2.05) is 24.3 Å². The van der Waals surface area contributed by atoms with Gasteiger partial charge in [0.1, 0.15) is 11.2 Å². The first-order valence-corrected chi connectivity index (χ1v) is 7.27. The Labute approximate surface area is 132 Å². The zero-order chi connectivity index (χ0) is 16.2. The molecule has 7 nitrogen and oxygen atoms in total. The topological polar surface area (TPSA) is 107 Å². The average Bonchev–Trinajstić information content (AvgIpc) is 2.99. The molecule has 0 fully saturated rings. The van der Waals surface area contributed by atoms with Crippen LogP contribution in [-0.2, 0) is 0 Å². The lowest BCUT2D eigenvalue weighted by molar-refractivity contribution is -0.383. The molecule has 0 saturated heterocycles. The molecule has 0 aliphatic rings.